The summed E-state index contributed by atoms with van der Waals surface area (Å²) in [4.78, 5) is 6.66. The van der Waals surface area contributed by atoms with Crippen LogP contribution >= 0.6 is 35.7 Å². The molecule has 0 radical (unpaired) electrons. The number of thioether (sulfide) groups is 1. The van der Waals surface area contributed by atoms with Crippen molar-refractivity contribution >= 4 is 41.7 Å². The molecule has 1 aliphatic rings. The smallest absolute Gasteiger partial charge is 0.193 e. The highest BCUT2D eigenvalue weighted by molar-refractivity contribution is 14.0. The molecule has 0 spiro atoms. The van der Waals surface area contributed by atoms with Gasteiger partial charge >= 0.3 is 0 Å². The van der Waals surface area contributed by atoms with Crippen LogP contribution in [0.1, 0.15) is 30.4 Å². The van der Waals surface area contributed by atoms with E-state index in [1.54, 1.807) is 0 Å². The maximum absolute atomic E-state index is 5.44. The first-order chi connectivity index (χ1) is 12.2. The standard InChI is InChI=1S/C20H33N3OS.HI/c1-17-4-6-19(7-5-17)16-25-15-11-22-20(21-2)23(3)12-8-18-9-13-24-14-10-18;/h4-7,18H,8-16H2,1-3H3,(H,21,22);1H. The number of benzene rings is 1. The van der Waals surface area contributed by atoms with Crippen LogP contribution in [-0.4, -0.2) is 57.0 Å². The summed E-state index contributed by atoms with van der Waals surface area (Å²) in [6.07, 6.45) is 3.63. The van der Waals surface area contributed by atoms with Gasteiger partial charge in [-0.1, -0.05) is 29.8 Å². The number of halogens is 1. The van der Waals surface area contributed by atoms with E-state index in [0.29, 0.717) is 0 Å². The van der Waals surface area contributed by atoms with Gasteiger partial charge in [-0.15, -0.1) is 24.0 Å². The Bertz CT molecular complexity index is 518. The zero-order valence-corrected chi connectivity index (χ0v) is 19.5. The second kappa shape index (κ2) is 13.7. The van der Waals surface area contributed by atoms with E-state index in [9.17, 15) is 0 Å². The van der Waals surface area contributed by atoms with E-state index in [1.165, 1.54) is 30.4 Å². The third kappa shape index (κ3) is 8.95. The Morgan fingerprint density at radius 1 is 1.27 bits per heavy atom. The van der Waals surface area contributed by atoms with Crippen LogP contribution in [0.5, 0.6) is 0 Å². The number of ether oxygens (including phenoxy) is 1. The number of aryl methyl sites for hydroxylation is 1. The normalized spacial score (nSPS) is 15.4. The molecule has 148 valence electrons. The average molecular weight is 491 g/mol. The summed E-state index contributed by atoms with van der Waals surface area (Å²) < 4.78 is 5.44. The number of nitrogens with one attached hydrogen (secondary N) is 1. The molecule has 1 heterocycles. The lowest BCUT2D eigenvalue weighted by Crippen LogP contribution is -2.41. The van der Waals surface area contributed by atoms with Crippen LogP contribution in [0.25, 0.3) is 0 Å². The molecule has 1 saturated heterocycles. The van der Waals surface area contributed by atoms with Gasteiger partial charge in [0, 0.05) is 51.9 Å². The number of aliphatic imine (C=N–C) groups is 1. The van der Waals surface area contributed by atoms with Crippen LogP contribution in [0.3, 0.4) is 0 Å². The molecule has 0 amide bonds. The fraction of sp³-hybridized carbons (Fsp3) is 0.650. The molecular weight excluding hydrogens is 457 g/mol. The number of guanidine groups is 1. The molecule has 1 aliphatic heterocycles. The Morgan fingerprint density at radius 3 is 2.62 bits per heavy atom. The number of hydrogen-bond acceptors (Lipinski definition) is 3. The minimum absolute atomic E-state index is 0. The first-order valence-electron chi connectivity index (χ1n) is 9.32. The third-order valence-electron chi connectivity index (χ3n) is 4.71. The van der Waals surface area contributed by atoms with E-state index < -0.39 is 0 Å². The Balaban J connectivity index is 0.00000338. The summed E-state index contributed by atoms with van der Waals surface area (Å²) in [5, 5.41) is 3.48. The molecule has 6 heteroatoms. The topological polar surface area (TPSA) is 36.9 Å². The van der Waals surface area contributed by atoms with Gasteiger partial charge < -0.3 is 15.0 Å². The highest BCUT2D eigenvalue weighted by Gasteiger charge is 2.15. The highest BCUT2D eigenvalue weighted by atomic mass is 127. The van der Waals surface area contributed by atoms with Crippen molar-refractivity contribution in [2.45, 2.75) is 31.9 Å². The van der Waals surface area contributed by atoms with Gasteiger partial charge in [-0.3, -0.25) is 4.99 Å². The maximum atomic E-state index is 5.44. The molecule has 0 aromatic heterocycles. The van der Waals surface area contributed by atoms with E-state index in [-0.39, 0.29) is 24.0 Å². The van der Waals surface area contributed by atoms with Gasteiger partial charge in [0.25, 0.3) is 0 Å². The summed E-state index contributed by atoms with van der Waals surface area (Å²) in [5.74, 6) is 3.96. The Morgan fingerprint density at radius 2 is 1.96 bits per heavy atom. The van der Waals surface area contributed by atoms with Crippen LogP contribution in [0.4, 0.5) is 0 Å². The molecule has 0 bridgehead atoms. The minimum Gasteiger partial charge on any atom is -0.381 e. The van der Waals surface area contributed by atoms with Gasteiger partial charge in [-0.05, 0) is 37.7 Å². The van der Waals surface area contributed by atoms with Crippen LogP contribution in [-0.2, 0) is 10.5 Å². The first kappa shape index (κ1) is 23.6. The van der Waals surface area contributed by atoms with Gasteiger partial charge in [0.05, 0.1) is 0 Å². The van der Waals surface area contributed by atoms with Crippen molar-refractivity contribution in [2.24, 2.45) is 10.9 Å². The largest absolute Gasteiger partial charge is 0.381 e. The zero-order valence-electron chi connectivity index (χ0n) is 16.4. The molecule has 1 aromatic rings. The lowest BCUT2D eigenvalue weighted by Gasteiger charge is -2.26. The molecule has 26 heavy (non-hydrogen) atoms. The van der Waals surface area contributed by atoms with Crippen LogP contribution < -0.4 is 5.32 Å². The maximum Gasteiger partial charge on any atom is 0.193 e. The van der Waals surface area contributed by atoms with Crippen molar-refractivity contribution in [3.63, 3.8) is 0 Å². The SMILES string of the molecule is CN=C(NCCSCc1ccc(C)cc1)N(C)CCC1CCOCC1.I. The van der Waals surface area contributed by atoms with Crippen molar-refractivity contribution in [3.8, 4) is 0 Å². The van der Waals surface area contributed by atoms with Crippen molar-refractivity contribution < 1.29 is 4.74 Å². The number of nitrogens with zero attached hydrogens (tertiary/aromatic N) is 2. The summed E-state index contributed by atoms with van der Waals surface area (Å²) in [6, 6.07) is 8.81. The number of rotatable bonds is 8. The molecule has 0 saturated carbocycles. The first-order valence-corrected chi connectivity index (χ1v) is 10.5. The predicted molar refractivity (Wildman–Crippen MR) is 125 cm³/mol. The second-order valence-corrected chi connectivity index (χ2v) is 7.88. The molecular formula is C20H34IN3OS. The van der Waals surface area contributed by atoms with E-state index in [0.717, 1.165) is 49.7 Å². The second-order valence-electron chi connectivity index (χ2n) is 6.78. The molecule has 2 rings (SSSR count). The Kier molecular flexibility index (Phi) is 12.4. The minimum atomic E-state index is 0. The van der Waals surface area contributed by atoms with E-state index in [2.05, 4.69) is 53.4 Å². The van der Waals surface area contributed by atoms with Crippen LogP contribution in [0.15, 0.2) is 29.3 Å². The summed E-state index contributed by atoms with van der Waals surface area (Å²) in [7, 11) is 4.00. The fourth-order valence-electron chi connectivity index (χ4n) is 3.01. The monoisotopic (exact) mass is 491 g/mol. The molecule has 0 unspecified atom stereocenters. The van der Waals surface area contributed by atoms with Gasteiger partial charge in [0.1, 0.15) is 0 Å². The van der Waals surface area contributed by atoms with Gasteiger partial charge in [-0.2, -0.15) is 11.8 Å². The van der Waals surface area contributed by atoms with Gasteiger partial charge in [-0.25, -0.2) is 0 Å². The molecule has 0 atom stereocenters. The molecule has 1 N–H and O–H groups in total. The van der Waals surface area contributed by atoms with E-state index >= 15 is 0 Å². The predicted octanol–water partition coefficient (Wildman–Crippen LogP) is 4.17. The summed E-state index contributed by atoms with van der Waals surface area (Å²) in [6.45, 7) is 6.00. The molecule has 4 nitrogen and oxygen atoms in total. The zero-order chi connectivity index (χ0) is 17.9. The molecule has 1 aromatic carbocycles. The van der Waals surface area contributed by atoms with E-state index in [1.807, 2.05) is 18.8 Å². The van der Waals surface area contributed by atoms with Crippen LogP contribution in [0, 0.1) is 12.8 Å². The third-order valence-corrected chi connectivity index (χ3v) is 5.74. The van der Waals surface area contributed by atoms with E-state index in [4.69, 9.17) is 4.74 Å². The van der Waals surface area contributed by atoms with Crippen molar-refractivity contribution in [1.82, 2.24) is 10.2 Å². The Hall–Kier alpha value is -0.470. The lowest BCUT2D eigenvalue weighted by molar-refractivity contribution is 0.0625. The molecule has 0 aliphatic carbocycles. The summed E-state index contributed by atoms with van der Waals surface area (Å²) >= 11 is 1.96. The van der Waals surface area contributed by atoms with Crippen molar-refractivity contribution in [1.29, 1.82) is 0 Å². The fourth-order valence-corrected chi connectivity index (χ4v) is 3.83. The van der Waals surface area contributed by atoms with Crippen LogP contribution in [0.2, 0.25) is 0 Å². The summed E-state index contributed by atoms with van der Waals surface area (Å²) in [5.41, 5.74) is 2.72. The van der Waals surface area contributed by atoms with Gasteiger partial charge in [0.15, 0.2) is 5.96 Å². The van der Waals surface area contributed by atoms with Crippen molar-refractivity contribution in [2.75, 3.05) is 46.2 Å². The lowest BCUT2D eigenvalue weighted by atomic mass is 9.96. The number of hydrogen-bond donors (Lipinski definition) is 1. The quantitative estimate of drug-likeness (QED) is 0.256. The van der Waals surface area contributed by atoms with Gasteiger partial charge in [0.2, 0.25) is 0 Å². The Labute approximate surface area is 180 Å². The highest BCUT2D eigenvalue weighted by Crippen LogP contribution is 2.18. The molecule has 1 fully saturated rings. The van der Waals surface area contributed by atoms with Crippen molar-refractivity contribution in [3.05, 3.63) is 35.4 Å². The average Bonchev–Trinajstić information content (AvgIpc) is 2.65.